The van der Waals surface area contributed by atoms with Gasteiger partial charge in [0.2, 0.25) is 0 Å². The second kappa shape index (κ2) is 4.41. The molecule has 0 saturated heterocycles. The van der Waals surface area contributed by atoms with Crippen molar-refractivity contribution >= 4 is 6.29 Å². The highest BCUT2D eigenvalue weighted by molar-refractivity contribution is 5.84. The number of benzene rings is 1. The Kier molecular flexibility index (Phi) is 3.07. The van der Waals surface area contributed by atoms with Gasteiger partial charge in [-0.15, -0.1) is 0 Å². The topological polar surface area (TPSA) is 45.8 Å². The minimum atomic E-state index is 0.0834. The zero-order valence-corrected chi connectivity index (χ0v) is 11.2. The van der Waals surface area contributed by atoms with E-state index in [1.807, 2.05) is 6.92 Å². The van der Waals surface area contributed by atoms with Crippen LogP contribution in [0.4, 0.5) is 0 Å². The van der Waals surface area contributed by atoms with Gasteiger partial charge in [0.1, 0.15) is 5.69 Å². The number of aryl methyl sites for hydroxylation is 1. The molecule has 0 aliphatic heterocycles. The zero-order valence-electron chi connectivity index (χ0n) is 11.2. The molecule has 18 heavy (non-hydrogen) atoms. The van der Waals surface area contributed by atoms with Crippen LogP contribution in [0, 0.1) is 6.92 Å². The summed E-state index contributed by atoms with van der Waals surface area (Å²) in [5, 5.41) is 0. The van der Waals surface area contributed by atoms with Crippen LogP contribution < -0.4 is 0 Å². The van der Waals surface area contributed by atoms with Crippen LogP contribution in [0.2, 0.25) is 0 Å². The molecule has 1 heterocycles. The summed E-state index contributed by atoms with van der Waals surface area (Å²) in [5.74, 6) is 0. The van der Waals surface area contributed by atoms with Crippen molar-refractivity contribution in [2.75, 3.05) is 0 Å². The molecule has 0 amide bonds. The summed E-state index contributed by atoms with van der Waals surface area (Å²) >= 11 is 0. The SMILES string of the molecule is Cc1ccc(C(C)(C)C)cc1-c1nc[nH]c1C=O. The number of imidazole rings is 1. The number of aromatic amines is 1. The third-order valence-corrected chi connectivity index (χ3v) is 3.15. The number of carbonyl (C=O) groups excluding carboxylic acids is 1. The van der Waals surface area contributed by atoms with E-state index < -0.39 is 0 Å². The minimum absolute atomic E-state index is 0.0834. The van der Waals surface area contributed by atoms with Crippen molar-refractivity contribution in [1.29, 1.82) is 0 Å². The first kappa shape index (κ1) is 12.6. The lowest BCUT2D eigenvalue weighted by atomic mass is 9.85. The molecule has 0 radical (unpaired) electrons. The Morgan fingerprint density at radius 3 is 2.61 bits per heavy atom. The third kappa shape index (κ3) is 2.21. The Hall–Kier alpha value is -1.90. The molecule has 2 rings (SSSR count). The molecule has 3 nitrogen and oxygen atoms in total. The van der Waals surface area contributed by atoms with Crippen molar-refractivity contribution in [1.82, 2.24) is 9.97 Å². The second-order valence-corrected chi connectivity index (χ2v) is 5.56. The van der Waals surface area contributed by atoms with E-state index in [1.54, 1.807) is 6.33 Å². The van der Waals surface area contributed by atoms with Gasteiger partial charge in [-0.1, -0.05) is 32.9 Å². The molecular formula is C15H18N2O. The molecule has 0 aliphatic rings. The predicted molar refractivity (Wildman–Crippen MR) is 72.8 cm³/mol. The Labute approximate surface area is 107 Å². The number of hydrogen-bond acceptors (Lipinski definition) is 2. The normalized spacial score (nSPS) is 11.6. The summed E-state index contributed by atoms with van der Waals surface area (Å²) < 4.78 is 0. The van der Waals surface area contributed by atoms with Crippen molar-refractivity contribution < 1.29 is 4.79 Å². The van der Waals surface area contributed by atoms with E-state index in [2.05, 4.69) is 48.9 Å². The first-order valence-corrected chi connectivity index (χ1v) is 6.03. The molecule has 0 saturated carbocycles. The van der Waals surface area contributed by atoms with Crippen LogP contribution in [0.5, 0.6) is 0 Å². The number of H-pyrrole nitrogens is 1. The summed E-state index contributed by atoms with van der Waals surface area (Å²) in [4.78, 5) is 18.1. The smallest absolute Gasteiger partial charge is 0.168 e. The van der Waals surface area contributed by atoms with E-state index in [-0.39, 0.29) is 5.41 Å². The van der Waals surface area contributed by atoms with Crippen LogP contribution in [-0.2, 0) is 5.41 Å². The second-order valence-electron chi connectivity index (χ2n) is 5.56. The third-order valence-electron chi connectivity index (χ3n) is 3.15. The first-order valence-electron chi connectivity index (χ1n) is 6.03. The molecule has 94 valence electrons. The van der Waals surface area contributed by atoms with Crippen LogP contribution in [0.15, 0.2) is 24.5 Å². The van der Waals surface area contributed by atoms with E-state index >= 15 is 0 Å². The van der Waals surface area contributed by atoms with Crippen molar-refractivity contribution in [3.63, 3.8) is 0 Å². The molecule has 0 aliphatic carbocycles. The lowest BCUT2D eigenvalue weighted by molar-refractivity contribution is 0.112. The van der Waals surface area contributed by atoms with Gasteiger partial charge in [-0.3, -0.25) is 4.79 Å². The lowest BCUT2D eigenvalue weighted by Crippen LogP contribution is -2.11. The van der Waals surface area contributed by atoms with Gasteiger partial charge in [-0.25, -0.2) is 4.98 Å². The quantitative estimate of drug-likeness (QED) is 0.819. The highest BCUT2D eigenvalue weighted by atomic mass is 16.1. The molecule has 0 atom stereocenters. The van der Waals surface area contributed by atoms with Crippen LogP contribution in [0.25, 0.3) is 11.3 Å². The van der Waals surface area contributed by atoms with Gasteiger partial charge in [0.15, 0.2) is 6.29 Å². The Morgan fingerprint density at radius 1 is 1.28 bits per heavy atom. The molecular weight excluding hydrogens is 224 g/mol. The summed E-state index contributed by atoms with van der Waals surface area (Å²) in [6.45, 7) is 8.55. The lowest BCUT2D eigenvalue weighted by Gasteiger charge is -2.20. The van der Waals surface area contributed by atoms with Crippen molar-refractivity contribution in [3.05, 3.63) is 41.3 Å². The van der Waals surface area contributed by atoms with Gasteiger partial charge in [0.25, 0.3) is 0 Å². The Morgan fingerprint density at radius 2 is 2.00 bits per heavy atom. The van der Waals surface area contributed by atoms with Gasteiger partial charge in [0.05, 0.1) is 12.0 Å². The maximum atomic E-state index is 11.0. The standard InChI is InChI=1S/C15H18N2O/c1-10-5-6-11(15(2,3)4)7-12(10)14-13(8-18)16-9-17-14/h5-9H,1-4H3,(H,16,17). The van der Waals surface area contributed by atoms with Crippen LogP contribution in [0.3, 0.4) is 0 Å². The Balaban J connectivity index is 2.60. The number of rotatable bonds is 2. The number of carbonyl (C=O) groups is 1. The summed E-state index contributed by atoms with van der Waals surface area (Å²) in [6, 6.07) is 6.34. The molecule has 1 aromatic carbocycles. The fourth-order valence-corrected chi connectivity index (χ4v) is 1.95. The molecule has 0 bridgehead atoms. The fraction of sp³-hybridized carbons (Fsp3) is 0.333. The number of nitrogens with zero attached hydrogens (tertiary/aromatic N) is 1. The van der Waals surface area contributed by atoms with E-state index in [1.165, 1.54) is 5.56 Å². The minimum Gasteiger partial charge on any atom is -0.342 e. The number of aldehydes is 1. The van der Waals surface area contributed by atoms with Crippen molar-refractivity contribution in [3.8, 4) is 11.3 Å². The summed E-state index contributed by atoms with van der Waals surface area (Å²) in [5.41, 5.74) is 4.73. The summed E-state index contributed by atoms with van der Waals surface area (Å²) in [7, 11) is 0. The molecule has 2 aromatic rings. The maximum Gasteiger partial charge on any atom is 0.168 e. The fourth-order valence-electron chi connectivity index (χ4n) is 1.95. The largest absolute Gasteiger partial charge is 0.342 e. The van der Waals surface area contributed by atoms with Crippen LogP contribution in [0.1, 0.15) is 42.4 Å². The van der Waals surface area contributed by atoms with E-state index in [0.29, 0.717) is 5.69 Å². The highest BCUT2D eigenvalue weighted by Crippen LogP contribution is 2.30. The van der Waals surface area contributed by atoms with E-state index in [0.717, 1.165) is 23.1 Å². The summed E-state index contributed by atoms with van der Waals surface area (Å²) in [6.07, 6.45) is 2.37. The molecule has 0 unspecified atom stereocenters. The van der Waals surface area contributed by atoms with Crippen LogP contribution >= 0.6 is 0 Å². The van der Waals surface area contributed by atoms with E-state index in [9.17, 15) is 4.79 Å². The molecule has 0 spiro atoms. The van der Waals surface area contributed by atoms with Crippen molar-refractivity contribution in [2.24, 2.45) is 0 Å². The monoisotopic (exact) mass is 242 g/mol. The average molecular weight is 242 g/mol. The molecule has 0 fully saturated rings. The first-order chi connectivity index (χ1) is 8.43. The van der Waals surface area contributed by atoms with Gasteiger partial charge >= 0.3 is 0 Å². The number of nitrogens with one attached hydrogen (secondary N) is 1. The molecule has 1 aromatic heterocycles. The predicted octanol–water partition coefficient (Wildman–Crippen LogP) is 3.50. The Bertz CT molecular complexity index is 576. The number of hydrogen-bond donors (Lipinski definition) is 1. The molecule has 1 N–H and O–H groups in total. The van der Waals surface area contributed by atoms with Crippen LogP contribution in [-0.4, -0.2) is 16.3 Å². The van der Waals surface area contributed by atoms with E-state index in [4.69, 9.17) is 0 Å². The number of aromatic nitrogens is 2. The van der Waals surface area contributed by atoms with Gasteiger partial charge in [0, 0.05) is 5.56 Å². The highest BCUT2D eigenvalue weighted by Gasteiger charge is 2.17. The molecule has 3 heteroatoms. The van der Waals surface area contributed by atoms with Crippen molar-refractivity contribution in [2.45, 2.75) is 33.1 Å². The maximum absolute atomic E-state index is 11.0. The van der Waals surface area contributed by atoms with Gasteiger partial charge < -0.3 is 4.98 Å². The average Bonchev–Trinajstić information content (AvgIpc) is 2.76. The zero-order chi connectivity index (χ0) is 13.3. The van der Waals surface area contributed by atoms with Gasteiger partial charge in [-0.05, 0) is 29.5 Å². The van der Waals surface area contributed by atoms with Gasteiger partial charge in [-0.2, -0.15) is 0 Å².